The van der Waals surface area contributed by atoms with Crippen molar-refractivity contribution in [3.8, 4) is 5.75 Å². The van der Waals surface area contributed by atoms with Crippen molar-refractivity contribution in [1.29, 1.82) is 0 Å². The number of amides is 2. The second-order valence-electron chi connectivity index (χ2n) is 14.1. The van der Waals surface area contributed by atoms with E-state index in [0.717, 1.165) is 34.8 Å². The molecule has 0 saturated heterocycles. The summed E-state index contributed by atoms with van der Waals surface area (Å²) < 4.78 is 16.0. The Hall–Kier alpha value is -5.33. The average Bonchev–Trinajstić information content (AvgIpc) is 3.69. The van der Waals surface area contributed by atoms with Crippen LogP contribution in [0.15, 0.2) is 109 Å². The first-order valence-corrected chi connectivity index (χ1v) is 19.1. The first-order chi connectivity index (χ1) is 25.3. The number of aromatic nitrogens is 3. The predicted octanol–water partition coefficient (Wildman–Crippen LogP) is 8.17. The molecule has 1 aliphatic heterocycles. The topological polar surface area (TPSA) is 123 Å². The van der Waals surface area contributed by atoms with E-state index in [1.54, 1.807) is 40.7 Å². The van der Waals surface area contributed by atoms with Gasteiger partial charge in [0.15, 0.2) is 11.6 Å². The third-order valence-electron chi connectivity index (χ3n) is 8.16. The van der Waals surface area contributed by atoms with Crippen LogP contribution in [-0.2, 0) is 28.4 Å². The number of fused-ring (bicyclic) bond motifs is 1. The Kier molecular flexibility index (Phi) is 11.4. The molecule has 13 heteroatoms. The molecule has 2 amide bonds. The van der Waals surface area contributed by atoms with E-state index >= 15 is 0 Å². The molecule has 0 radical (unpaired) electrons. The molecule has 5 aromatic rings. The number of nitrogens with zero attached hydrogens (tertiary/aromatic N) is 4. The Morgan fingerprint density at radius 1 is 0.906 bits per heavy atom. The number of carbonyl (C=O) groups is 2. The molecular weight excluding hydrogens is 710 g/mol. The molecule has 1 atom stereocenters. The van der Waals surface area contributed by atoms with Gasteiger partial charge in [0.25, 0.3) is 0 Å². The molecule has 2 aromatic heterocycles. The molecule has 0 fully saturated rings. The molecule has 276 valence electrons. The molecule has 0 aliphatic carbocycles. The van der Waals surface area contributed by atoms with Crippen LogP contribution >= 0.6 is 22.3 Å². The highest BCUT2D eigenvalue weighted by Crippen LogP contribution is 2.36. The maximum atomic E-state index is 13.0. The summed E-state index contributed by atoms with van der Waals surface area (Å²) in [6, 6.07) is 28.3. The number of rotatable bonds is 13. The fourth-order valence-electron chi connectivity index (χ4n) is 5.62. The SMILES string of the molecule is CC(C)(C)OC(=O)NC(C)(C)C(=O)NCCn1ccc2ncnc(Nc3ccc(OC4=CN(Cc5ccccc5)S(Cc5ccccc5)=C4)c(Cl)c3)c21. The first-order valence-electron chi connectivity index (χ1n) is 17.3. The fourth-order valence-corrected chi connectivity index (χ4v) is 7.68. The summed E-state index contributed by atoms with van der Waals surface area (Å²) in [6.45, 7) is 10.1. The standard InChI is InChI=1S/C40H44ClN7O4S/c1-39(2,3)52-38(50)46-40(4,5)37(49)42-19-21-47-20-18-33-35(47)36(44-27-43-33)45-30-16-17-34(32(41)22-30)51-31-24-48(23-28-12-8-6-9-13-28)53(26-31)25-29-14-10-7-11-15-29/h6-18,20,22,24,26-27H,19,21,23,25H2,1-5H3,(H,42,49)(H,46,50)(H,43,44,45). The third kappa shape index (κ3) is 9.97. The Morgan fingerprint density at radius 2 is 1.62 bits per heavy atom. The van der Waals surface area contributed by atoms with Crippen LogP contribution in [0.2, 0.25) is 5.02 Å². The van der Waals surface area contributed by atoms with Gasteiger partial charge in [-0.3, -0.25) is 4.79 Å². The highest BCUT2D eigenvalue weighted by atomic mass is 35.5. The van der Waals surface area contributed by atoms with Crippen LogP contribution in [0.3, 0.4) is 0 Å². The van der Waals surface area contributed by atoms with E-state index in [1.807, 2.05) is 41.1 Å². The van der Waals surface area contributed by atoms with Gasteiger partial charge >= 0.3 is 6.09 Å². The Morgan fingerprint density at radius 3 is 2.32 bits per heavy atom. The number of anilines is 2. The second-order valence-corrected chi connectivity index (χ2v) is 16.3. The molecule has 53 heavy (non-hydrogen) atoms. The lowest BCUT2D eigenvalue weighted by Gasteiger charge is -2.27. The molecular formula is C40H44ClN7O4S. The number of hydrogen-bond acceptors (Lipinski definition) is 8. The van der Waals surface area contributed by atoms with Crippen molar-refractivity contribution in [3.63, 3.8) is 0 Å². The second kappa shape index (κ2) is 16.1. The summed E-state index contributed by atoms with van der Waals surface area (Å²) in [5.41, 5.74) is 2.86. The lowest BCUT2D eigenvalue weighted by molar-refractivity contribution is -0.126. The third-order valence-corrected chi connectivity index (χ3v) is 10.4. The highest BCUT2D eigenvalue weighted by Gasteiger charge is 2.31. The minimum absolute atomic E-state index is 0.212. The van der Waals surface area contributed by atoms with Gasteiger partial charge in [-0.05, 0) is 70.0 Å². The van der Waals surface area contributed by atoms with Crippen molar-refractivity contribution in [3.05, 3.63) is 126 Å². The van der Waals surface area contributed by atoms with Crippen molar-refractivity contribution in [1.82, 2.24) is 29.5 Å². The number of hydrogen-bond donors (Lipinski definition) is 3. The quantitative estimate of drug-likeness (QED) is 0.103. The van der Waals surface area contributed by atoms with Crippen LogP contribution < -0.4 is 20.7 Å². The van der Waals surface area contributed by atoms with Gasteiger partial charge in [0.2, 0.25) is 5.91 Å². The molecule has 11 nitrogen and oxygen atoms in total. The van der Waals surface area contributed by atoms with E-state index in [0.29, 0.717) is 29.7 Å². The lowest BCUT2D eigenvalue weighted by Crippen LogP contribution is -2.55. The number of nitrogens with one attached hydrogen (secondary N) is 3. The van der Waals surface area contributed by atoms with Gasteiger partial charge in [-0.2, -0.15) is 0 Å². The summed E-state index contributed by atoms with van der Waals surface area (Å²) in [6.07, 6.45) is 4.79. The maximum absolute atomic E-state index is 13.0. The zero-order valence-electron chi connectivity index (χ0n) is 30.4. The Balaban J connectivity index is 1.12. The number of alkyl carbamates (subject to hydrolysis) is 1. The first kappa shape index (κ1) is 37.4. The largest absolute Gasteiger partial charge is 0.454 e. The molecule has 0 saturated carbocycles. The molecule has 6 rings (SSSR count). The van der Waals surface area contributed by atoms with Crippen LogP contribution in [0.25, 0.3) is 11.0 Å². The summed E-state index contributed by atoms with van der Waals surface area (Å²) in [5.74, 6) is 2.40. The molecule has 0 bridgehead atoms. The number of ether oxygens (including phenoxy) is 2. The van der Waals surface area contributed by atoms with Crippen molar-refractivity contribution >= 4 is 62.2 Å². The minimum atomic E-state index is -1.18. The van der Waals surface area contributed by atoms with Gasteiger partial charge in [-0.25, -0.2) is 14.8 Å². The molecule has 3 heterocycles. The fraction of sp³-hybridized carbons (Fsp3) is 0.275. The van der Waals surface area contributed by atoms with Crippen LogP contribution in [0.4, 0.5) is 16.3 Å². The van der Waals surface area contributed by atoms with E-state index in [9.17, 15) is 9.59 Å². The molecule has 1 unspecified atom stereocenters. The average molecular weight is 754 g/mol. The normalized spacial score (nSPS) is 14.3. The van der Waals surface area contributed by atoms with Gasteiger partial charge in [-0.1, -0.05) is 82.9 Å². The van der Waals surface area contributed by atoms with Crippen molar-refractivity contribution in [2.24, 2.45) is 0 Å². The minimum Gasteiger partial charge on any atom is -0.454 e. The monoisotopic (exact) mass is 753 g/mol. The molecule has 1 aliphatic rings. The van der Waals surface area contributed by atoms with Gasteiger partial charge < -0.3 is 34.3 Å². The summed E-state index contributed by atoms with van der Waals surface area (Å²) in [5, 5.41) is 11.5. The van der Waals surface area contributed by atoms with E-state index < -0.39 is 17.2 Å². The van der Waals surface area contributed by atoms with E-state index in [2.05, 4.69) is 90.3 Å². The van der Waals surface area contributed by atoms with E-state index in [-0.39, 0.29) is 16.6 Å². The van der Waals surface area contributed by atoms with Crippen LogP contribution in [-0.4, -0.2) is 53.9 Å². The molecule has 3 N–H and O–H groups in total. The number of carbonyl (C=O) groups excluding carboxylic acids is 2. The van der Waals surface area contributed by atoms with Gasteiger partial charge in [-0.15, -0.1) is 0 Å². The summed E-state index contributed by atoms with van der Waals surface area (Å²) >= 11 is 6.80. The smallest absolute Gasteiger partial charge is 0.408 e. The Bertz CT molecular complexity index is 2150. The van der Waals surface area contributed by atoms with Crippen LogP contribution in [0.5, 0.6) is 5.75 Å². The van der Waals surface area contributed by atoms with Crippen molar-refractivity contribution in [2.45, 2.75) is 64.6 Å². The number of benzene rings is 3. The summed E-state index contributed by atoms with van der Waals surface area (Å²) in [7, 11) is -0.212. The van der Waals surface area contributed by atoms with Crippen LogP contribution in [0.1, 0.15) is 45.7 Å². The molecule has 3 aromatic carbocycles. The van der Waals surface area contributed by atoms with Gasteiger partial charge in [0.1, 0.15) is 28.7 Å². The summed E-state index contributed by atoms with van der Waals surface area (Å²) in [4.78, 5) is 34.2. The van der Waals surface area contributed by atoms with Crippen molar-refractivity contribution < 1.29 is 19.1 Å². The van der Waals surface area contributed by atoms with E-state index in [4.69, 9.17) is 21.1 Å². The van der Waals surface area contributed by atoms with Crippen molar-refractivity contribution in [2.75, 3.05) is 11.9 Å². The van der Waals surface area contributed by atoms with Gasteiger partial charge in [0.05, 0.1) is 23.3 Å². The number of allylic oxidation sites excluding steroid dienone is 1. The number of halogens is 1. The highest BCUT2D eigenvalue weighted by molar-refractivity contribution is 8.12. The lowest BCUT2D eigenvalue weighted by atomic mass is 10.1. The van der Waals surface area contributed by atoms with E-state index in [1.165, 1.54) is 17.5 Å². The molecule has 0 spiro atoms. The zero-order chi connectivity index (χ0) is 37.6. The van der Waals surface area contributed by atoms with Crippen LogP contribution in [0, 0.1) is 0 Å². The zero-order valence-corrected chi connectivity index (χ0v) is 32.0. The van der Waals surface area contributed by atoms with Gasteiger partial charge in [0, 0.05) is 36.1 Å². The Labute approximate surface area is 317 Å². The predicted molar refractivity (Wildman–Crippen MR) is 213 cm³/mol. The maximum Gasteiger partial charge on any atom is 0.408 e.